The van der Waals surface area contributed by atoms with Gasteiger partial charge in [0, 0.05) is 19.3 Å². The highest BCUT2D eigenvalue weighted by atomic mass is 35.5. The molecule has 22 heavy (non-hydrogen) atoms. The molecular formula is C16H26ClN3O2. The molecule has 1 unspecified atom stereocenters. The lowest BCUT2D eigenvalue weighted by Crippen LogP contribution is -2.38. The van der Waals surface area contributed by atoms with E-state index in [9.17, 15) is 4.79 Å². The fraction of sp³-hybridized carbons (Fsp3) is 0.625. The van der Waals surface area contributed by atoms with Crippen molar-refractivity contribution in [3.63, 3.8) is 0 Å². The molecule has 0 fully saturated rings. The normalized spacial score (nSPS) is 12.9. The van der Waals surface area contributed by atoms with Crippen LogP contribution in [-0.2, 0) is 4.74 Å². The van der Waals surface area contributed by atoms with Gasteiger partial charge in [0.25, 0.3) is 0 Å². The van der Waals surface area contributed by atoms with E-state index in [0.29, 0.717) is 24.0 Å². The third-order valence-electron chi connectivity index (χ3n) is 3.17. The number of nitrogens with one attached hydrogen (secondary N) is 2. The van der Waals surface area contributed by atoms with Crippen LogP contribution in [-0.4, -0.2) is 29.8 Å². The average molecular weight is 328 g/mol. The van der Waals surface area contributed by atoms with Crippen LogP contribution in [0.5, 0.6) is 0 Å². The van der Waals surface area contributed by atoms with Gasteiger partial charge in [-0.3, -0.25) is 4.98 Å². The molecule has 0 bridgehead atoms. The third-order valence-corrected chi connectivity index (χ3v) is 3.50. The molecule has 5 nitrogen and oxygen atoms in total. The zero-order valence-electron chi connectivity index (χ0n) is 13.9. The molecule has 0 spiro atoms. The van der Waals surface area contributed by atoms with Gasteiger partial charge in [0.1, 0.15) is 5.60 Å². The van der Waals surface area contributed by atoms with E-state index < -0.39 is 11.7 Å². The molecule has 6 heteroatoms. The number of amides is 1. The molecule has 0 aliphatic rings. The second-order valence-corrected chi connectivity index (χ2v) is 7.03. The van der Waals surface area contributed by atoms with Gasteiger partial charge in [-0.1, -0.05) is 25.4 Å². The molecule has 124 valence electrons. The van der Waals surface area contributed by atoms with E-state index in [1.807, 2.05) is 20.8 Å². The summed E-state index contributed by atoms with van der Waals surface area (Å²) in [7, 11) is 0. The lowest BCUT2D eigenvalue weighted by atomic mass is 9.95. The number of alkyl carbamates (subject to hydrolysis) is 1. The van der Waals surface area contributed by atoms with Crippen molar-refractivity contribution in [2.75, 3.05) is 18.4 Å². The quantitative estimate of drug-likeness (QED) is 0.830. The summed E-state index contributed by atoms with van der Waals surface area (Å²) in [5.74, 6) is 0.654. The largest absolute Gasteiger partial charge is 0.444 e. The Balaban J connectivity index is 2.49. The number of carbonyl (C=O) groups is 1. The summed E-state index contributed by atoms with van der Waals surface area (Å²) in [6, 6.07) is 1.74. The second kappa shape index (κ2) is 8.22. The van der Waals surface area contributed by atoms with Gasteiger partial charge in [0.2, 0.25) is 0 Å². The number of hydrogen-bond donors (Lipinski definition) is 2. The number of anilines is 1. The Bertz CT molecular complexity index is 487. The van der Waals surface area contributed by atoms with E-state index in [2.05, 4.69) is 29.5 Å². The second-order valence-electron chi connectivity index (χ2n) is 6.62. The molecule has 1 atom stereocenters. The zero-order valence-corrected chi connectivity index (χ0v) is 14.7. The summed E-state index contributed by atoms with van der Waals surface area (Å²) in [6.07, 6.45) is 2.95. The first-order valence-electron chi connectivity index (χ1n) is 7.49. The van der Waals surface area contributed by atoms with Crippen molar-refractivity contribution in [1.82, 2.24) is 10.3 Å². The highest BCUT2D eigenvalue weighted by Gasteiger charge is 2.19. The first-order valence-corrected chi connectivity index (χ1v) is 7.87. The van der Waals surface area contributed by atoms with Crippen molar-refractivity contribution in [3.8, 4) is 0 Å². The minimum absolute atomic E-state index is 0.254. The smallest absolute Gasteiger partial charge is 0.407 e. The molecular weight excluding hydrogens is 302 g/mol. The minimum Gasteiger partial charge on any atom is -0.444 e. The monoisotopic (exact) mass is 327 g/mol. The molecule has 0 aliphatic heterocycles. The van der Waals surface area contributed by atoms with Crippen LogP contribution in [0.3, 0.4) is 0 Å². The highest BCUT2D eigenvalue weighted by molar-refractivity contribution is 6.33. The molecule has 1 aromatic rings. The fourth-order valence-corrected chi connectivity index (χ4v) is 1.99. The van der Waals surface area contributed by atoms with Crippen molar-refractivity contribution in [1.29, 1.82) is 0 Å². The predicted octanol–water partition coefficient (Wildman–Crippen LogP) is 3.94. The summed E-state index contributed by atoms with van der Waals surface area (Å²) >= 11 is 6.10. The Morgan fingerprint density at radius 3 is 2.59 bits per heavy atom. The molecule has 1 heterocycles. The number of pyridine rings is 1. The molecule has 1 aromatic heterocycles. The maximum atomic E-state index is 11.7. The average Bonchev–Trinajstić information content (AvgIpc) is 2.38. The van der Waals surface area contributed by atoms with Crippen LogP contribution in [0.25, 0.3) is 0 Å². The van der Waals surface area contributed by atoms with Crippen LogP contribution in [0.15, 0.2) is 18.5 Å². The van der Waals surface area contributed by atoms with Gasteiger partial charge >= 0.3 is 6.09 Å². The van der Waals surface area contributed by atoms with Crippen LogP contribution in [0, 0.1) is 11.8 Å². The molecule has 0 saturated heterocycles. The Labute approximate surface area is 137 Å². The van der Waals surface area contributed by atoms with Crippen molar-refractivity contribution < 1.29 is 9.53 Å². The zero-order chi connectivity index (χ0) is 16.8. The molecule has 0 radical (unpaired) electrons. The fourth-order valence-electron chi connectivity index (χ4n) is 1.82. The number of ether oxygens (including phenoxy) is 1. The number of aromatic nitrogens is 1. The van der Waals surface area contributed by atoms with Crippen LogP contribution < -0.4 is 10.6 Å². The molecule has 0 aliphatic carbocycles. The summed E-state index contributed by atoms with van der Waals surface area (Å²) in [4.78, 5) is 15.8. The topological polar surface area (TPSA) is 63.2 Å². The molecule has 2 N–H and O–H groups in total. The predicted molar refractivity (Wildman–Crippen MR) is 90.3 cm³/mol. The van der Waals surface area contributed by atoms with E-state index >= 15 is 0 Å². The number of halogens is 1. The van der Waals surface area contributed by atoms with Crippen LogP contribution in [0.1, 0.15) is 34.6 Å². The molecule has 1 rings (SSSR count). The standard InChI is InChI=1S/C16H26ClN3O2/c1-11(2)12(9-20-15(21)22-16(3,4)5)8-19-14-10-18-7-6-13(14)17/h6-7,10-12,19H,8-9H2,1-5H3,(H,20,21). The Morgan fingerprint density at radius 2 is 2.05 bits per heavy atom. The summed E-state index contributed by atoms with van der Waals surface area (Å²) in [6.45, 7) is 11.0. The van der Waals surface area contributed by atoms with Gasteiger partial charge in [-0.15, -0.1) is 0 Å². The number of carbonyl (C=O) groups excluding carboxylic acids is 1. The SMILES string of the molecule is CC(C)C(CNC(=O)OC(C)(C)C)CNc1cnccc1Cl. The van der Waals surface area contributed by atoms with E-state index in [1.165, 1.54) is 0 Å². The summed E-state index contributed by atoms with van der Waals surface area (Å²) < 4.78 is 5.25. The maximum absolute atomic E-state index is 11.7. The van der Waals surface area contributed by atoms with Gasteiger partial charge in [0.15, 0.2) is 0 Å². The van der Waals surface area contributed by atoms with Gasteiger partial charge in [-0.2, -0.15) is 0 Å². The van der Waals surface area contributed by atoms with Crippen LogP contribution >= 0.6 is 11.6 Å². The summed E-state index contributed by atoms with van der Waals surface area (Å²) in [5.41, 5.74) is 0.311. The first kappa shape index (κ1) is 18.6. The van der Waals surface area contributed by atoms with Gasteiger partial charge in [-0.05, 0) is 38.7 Å². The minimum atomic E-state index is -0.487. The lowest BCUT2D eigenvalue weighted by Gasteiger charge is -2.24. The third kappa shape index (κ3) is 6.98. The lowest BCUT2D eigenvalue weighted by molar-refractivity contribution is 0.0516. The van der Waals surface area contributed by atoms with E-state index in [4.69, 9.17) is 16.3 Å². The van der Waals surface area contributed by atoms with Crippen LogP contribution in [0.2, 0.25) is 5.02 Å². The number of rotatable bonds is 6. The summed E-state index contributed by atoms with van der Waals surface area (Å²) in [5, 5.41) is 6.74. The van der Waals surface area contributed by atoms with Crippen LogP contribution in [0.4, 0.5) is 10.5 Å². The van der Waals surface area contributed by atoms with E-state index in [-0.39, 0.29) is 5.92 Å². The van der Waals surface area contributed by atoms with Crippen molar-refractivity contribution in [2.45, 2.75) is 40.2 Å². The molecule has 1 amide bonds. The van der Waals surface area contributed by atoms with E-state index in [0.717, 1.165) is 5.69 Å². The highest BCUT2D eigenvalue weighted by Crippen LogP contribution is 2.20. The Kier molecular flexibility index (Phi) is 6.94. The van der Waals surface area contributed by atoms with Crippen molar-refractivity contribution in [2.24, 2.45) is 11.8 Å². The Hall–Kier alpha value is -1.49. The van der Waals surface area contributed by atoms with Gasteiger partial charge in [-0.25, -0.2) is 4.79 Å². The molecule has 0 saturated carbocycles. The first-order chi connectivity index (χ1) is 10.2. The number of nitrogens with zero attached hydrogens (tertiary/aromatic N) is 1. The van der Waals surface area contributed by atoms with E-state index in [1.54, 1.807) is 18.5 Å². The molecule has 0 aromatic carbocycles. The van der Waals surface area contributed by atoms with Gasteiger partial charge < -0.3 is 15.4 Å². The van der Waals surface area contributed by atoms with Crippen molar-refractivity contribution >= 4 is 23.4 Å². The number of hydrogen-bond acceptors (Lipinski definition) is 4. The van der Waals surface area contributed by atoms with Crippen molar-refractivity contribution in [3.05, 3.63) is 23.5 Å². The maximum Gasteiger partial charge on any atom is 0.407 e. The van der Waals surface area contributed by atoms with Gasteiger partial charge in [0.05, 0.1) is 16.9 Å². The Morgan fingerprint density at radius 1 is 1.36 bits per heavy atom.